The zero-order chi connectivity index (χ0) is 25.6. The smallest absolute Gasteiger partial charge is 0.407 e. The Balaban J connectivity index is 1.47. The van der Waals surface area contributed by atoms with Crippen molar-refractivity contribution in [2.24, 2.45) is 5.92 Å². The molecule has 0 saturated heterocycles. The van der Waals surface area contributed by atoms with Crippen LogP contribution in [0.3, 0.4) is 0 Å². The van der Waals surface area contributed by atoms with E-state index in [1.807, 2.05) is 20.8 Å². The Bertz CT molecular complexity index is 908. The number of pyridine rings is 1. The minimum absolute atomic E-state index is 0.0141. The highest BCUT2D eigenvalue weighted by Gasteiger charge is 2.31. The van der Waals surface area contributed by atoms with Gasteiger partial charge in [0.2, 0.25) is 0 Å². The van der Waals surface area contributed by atoms with E-state index in [9.17, 15) is 14.4 Å². The van der Waals surface area contributed by atoms with Crippen LogP contribution in [-0.2, 0) is 9.47 Å². The zero-order valence-corrected chi connectivity index (χ0v) is 21.5. The fourth-order valence-corrected chi connectivity index (χ4v) is 4.55. The lowest BCUT2D eigenvalue weighted by molar-refractivity contribution is 0.0488. The molecule has 11 heteroatoms. The molecule has 1 aromatic rings. The molecule has 0 atom stereocenters. The van der Waals surface area contributed by atoms with E-state index in [1.165, 1.54) is 13.3 Å². The van der Waals surface area contributed by atoms with Crippen LogP contribution in [0.4, 0.5) is 15.3 Å². The fourth-order valence-electron chi connectivity index (χ4n) is 4.39. The number of alkyl carbamates (subject to hydrolysis) is 2. The molecule has 0 aromatic carbocycles. The first-order chi connectivity index (χ1) is 16.5. The molecular weight excluding hydrogens is 474 g/mol. The van der Waals surface area contributed by atoms with Crippen molar-refractivity contribution in [2.75, 3.05) is 19.0 Å². The topological polar surface area (TPSA) is 131 Å². The van der Waals surface area contributed by atoms with Crippen LogP contribution in [0.5, 0.6) is 0 Å². The molecule has 0 bridgehead atoms. The summed E-state index contributed by atoms with van der Waals surface area (Å²) in [6.07, 6.45) is 5.41. The Morgan fingerprint density at radius 1 is 1.03 bits per heavy atom. The maximum atomic E-state index is 13.0. The Labute approximate surface area is 211 Å². The van der Waals surface area contributed by atoms with Crippen molar-refractivity contribution in [2.45, 2.75) is 83.0 Å². The second kappa shape index (κ2) is 11.8. The number of nitrogens with zero attached hydrogens (tertiary/aromatic N) is 1. The minimum atomic E-state index is -0.534. The van der Waals surface area contributed by atoms with Crippen molar-refractivity contribution in [3.63, 3.8) is 0 Å². The van der Waals surface area contributed by atoms with Crippen LogP contribution in [0.1, 0.15) is 69.7 Å². The van der Waals surface area contributed by atoms with Gasteiger partial charge in [-0.3, -0.25) is 4.79 Å². The van der Waals surface area contributed by atoms with E-state index in [2.05, 4.69) is 31.0 Å². The summed E-state index contributed by atoms with van der Waals surface area (Å²) in [5, 5.41) is 12.4. The maximum Gasteiger partial charge on any atom is 0.407 e. The van der Waals surface area contributed by atoms with Crippen molar-refractivity contribution in [3.8, 4) is 0 Å². The van der Waals surface area contributed by atoms with Crippen molar-refractivity contribution in [3.05, 3.63) is 23.0 Å². The normalized spacial score (nSPS) is 23.9. The van der Waals surface area contributed by atoms with Crippen LogP contribution in [0.25, 0.3) is 0 Å². The molecule has 1 heterocycles. The average Bonchev–Trinajstić information content (AvgIpc) is 2.75. The molecular formula is C24H36ClN5O5. The van der Waals surface area contributed by atoms with Gasteiger partial charge in [-0.15, -0.1) is 0 Å². The molecule has 35 heavy (non-hydrogen) atoms. The summed E-state index contributed by atoms with van der Waals surface area (Å²) in [6.45, 7) is 6.05. The number of methoxy groups -OCH3 is 1. The highest BCUT2D eigenvalue weighted by atomic mass is 35.5. The molecule has 10 nitrogen and oxygen atoms in total. The number of anilines is 1. The van der Waals surface area contributed by atoms with E-state index >= 15 is 0 Å². The van der Waals surface area contributed by atoms with Crippen LogP contribution in [-0.4, -0.2) is 60.5 Å². The van der Waals surface area contributed by atoms with Gasteiger partial charge in [0.15, 0.2) is 0 Å². The molecule has 194 valence electrons. The largest absolute Gasteiger partial charge is 0.453 e. The van der Waals surface area contributed by atoms with Crippen molar-refractivity contribution >= 4 is 35.4 Å². The third-order valence-corrected chi connectivity index (χ3v) is 6.42. The standard InChI is InChI=1S/C24H36ClN5O5/c1-24(2,3)35-23(33)30-16-7-5-15(6-8-16)29-21(31)18-13-26-20(25)11-19(18)28-17-9-14(10-17)12-27-22(32)34-4/h11,13-17H,5-10,12H2,1-4H3,(H,26,28)(H,27,32)(H,29,31)(H,30,33). The monoisotopic (exact) mass is 509 g/mol. The van der Waals surface area contributed by atoms with Crippen LogP contribution in [0.2, 0.25) is 5.15 Å². The third kappa shape index (κ3) is 8.45. The van der Waals surface area contributed by atoms with Crippen LogP contribution < -0.4 is 21.3 Å². The summed E-state index contributed by atoms with van der Waals surface area (Å²) in [7, 11) is 1.34. The first-order valence-corrected chi connectivity index (χ1v) is 12.4. The summed E-state index contributed by atoms with van der Waals surface area (Å²) in [5.41, 5.74) is 0.556. The molecule has 2 saturated carbocycles. The molecule has 1 aromatic heterocycles. The van der Waals surface area contributed by atoms with Gasteiger partial charge >= 0.3 is 12.2 Å². The Kier molecular flexibility index (Phi) is 9.04. The number of rotatable bonds is 7. The van der Waals surface area contributed by atoms with Crippen molar-refractivity contribution < 1.29 is 23.9 Å². The molecule has 3 amide bonds. The zero-order valence-electron chi connectivity index (χ0n) is 20.8. The first kappa shape index (κ1) is 26.8. The average molecular weight is 510 g/mol. The quantitative estimate of drug-likeness (QED) is 0.410. The van der Waals surface area contributed by atoms with Gasteiger partial charge in [-0.2, -0.15) is 0 Å². The number of ether oxygens (including phenoxy) is 2. The Morgan fingerprint density at radius 3 is 2.26 bits per heavy atom. The number of carbonyl (C=O) groups excluding carboxylic acids is 3. The lowest BCUT2D eigenvalue weighted by Gasteiger charge is -2.37. The molecule has 2 aliphatic rings. The number of amides is 3. The van der Waals surface area contributed by atoms with Gasteiger partial charge in [0.25, 0.3) is 5.91 Å². The first-order valence-electron chi connectivity index (χ1n) is 12.1. The molecule has 2 aliphatic carbocycles. The Morgan fingerprint density at radius 2 is 1.66 bits per heavy atom. The van der Waals surface area contributed by atoms with Gasteiger partial charge in [0, 0.05) is 30.9 Å². The highest BCUT2D eigenvalue weighted by Crippen LogP contribution is 2.31. The summed E-state index contributed by atoms with van der Waals surface area (Å²) in [4.78, 5) is 40.4. The van der Waals surface area contributed by atoms with Crippen LogP contribution >= 0.6 is 11.6 Å². The number of halogens is 1. The minimum Gasteiger partial charge on any atom is -0.453 e. The van der Waals surface area contributed by atoms with E-state index in [0.29, 0.717) is 28.9 Å². The van der Waals surface area contributed by atoms with Gasteiger partial charge in [-0.25, -0.2) is 14.6 Å². The predicted octanol–water partition coefficient (Wildman–Crippen LogP) is 3.85. The van der Waals surface area contributed by atoms with Crippen LogP contribution in [0.15, 0.2) is 12.3 Å². The number of hydrogen-bond donors (Lipinski definition) is 4. The highest BCUT2D eigenvalue weighted by molar-refractivity contribution is 6.29. The number of hydrogen-bond acceptors (Lipinski definition) is 7. The fraction of sp³-hybridized carbons (Fsp3) is 0.667. The molecule has 0 radical (unpaired) electrons. The van der Waals surface area contributed by atoms with Gasteiger partial charge < -0.3 is 30.7 Å². The molecule has 0 aliphatic heterocycles. The van der Waals surface area contributed by atoms with E-state index in [1.54, 1.807) is 6.07 Å². The Hall–Kier alpha value is -2.75. The van der Waals surface area contributed by atoms with E-state index < -0.39 is 17.8 Å². The summed E-state index contributed by atoms with van der Waals surface area (Å²) >= 11 is 6.10. The number of carbonyl (C=O) groups is 3. The maximum absolute atomic E-state index is 13.0. The predicted molar refractivity (Wildman–Crippen MR) is 133 cm³/mol. The summed E-state index contributed by atoms with van der Waals surface area (Å²) in [6, 6.07) is 1.89. The number of nitrogens with one attached hydrogen (secondary N) is 4. The van der Waals surface area contributed by atoms with E-state index in [0.717, 1.165) is 38.5 Å². The molecule has 2 fully saturated rings. The molecule has 0 spiro atoms. The second-order valence-electron chi connectivity index (χ2n) is 10.3. The number of aromatic nitrogens is 1. The molecule has 3 rings (SSSR count). The van der Waals surface area contributed by atoms with Crippen LogP contribution in [0, 0.1) is 5.92 Å². The van der Waals surface area contributed by atoms with E-state index in [4.69, 9.17) is 16.3 Å². The molecule has 0 unspecified atom stereocenters. The summed E-state index contributed by atoms with van der Waals surface area (Å²) < 4.78 is 9.92. The van der Waals surface area contributed by atoms with Gasteiger partial charge in [-0.1, -0.05) is 11.6 Å². The third-order valence-electron chi connectivity index (χ3n) is 6.21. The van der Waals surface area contributed by atoms with E-state index in [-0.39, 0.29) is 24.0 Å². The van der Waals surface area contributed by atoms with Gasteiger partial charge in [0.1, 0.15) is 10.8 Å². The second-order valence-corrected chi connectivity index (χ2v) is 10.7. The van der Waals surface area contributed by atoms with Gasteiger partial charge in [-0.05, 0) is 71.3 Å². The molecule has 4 N–H and O–H groups in total. The summed E-state index contributed by atoms with van der Waals surface area (Å²) in [5.74, 6) is 0.147. The van der Waals surface area contributed by atoms with Gasteiger partial charge in [0.05, 0.1) is 18.4 Å². The SMILES string of the molecule is COC(=O)NCC1CC(Nc2cc(Cl)ncc2C(=O)NC2CCC(NC(=O)OC(C)(C)C)CC2)C1. The van der Waals surface area contributed by atoms with Crippen molar-refractivity contribution in [1.29, 1.82) is 0 Å². The lowest BCUT2D eigenvalue weighted by Crippen LogP contribution is -2.45. The van der Waals surface area contributed by atoms with Crippen molar-refractivity contribution in [1.82, 2.24) is 20.9 Å². The lowest BCUT2D eigenvalue weighted by atomic mass is 9.80.